The van der Waals surface area contributed by atoms with Gasteiger partial charge in [0, 0.05) is 45.0 Å². The van der Waals surface area contributed by atoms with E-state index in [4.69, 9.17) is 0 Å². The van der Waals surface area contributed by atoms with Crippen molar-refractivity contribution in [2.24, 2.45) is 0 Å². The fourth-order valence-corrected chi connectivity index (χ4v) is 3.95. The van der Waals surface area contributed by atoms with Crippen LogP contribution in [0.25, 0.3) is 0 Å². The first-order chi connectivity index (χ1) is 12.6. The predicted octanol–water partition coefficient (Wildman–Crippen LogP) is 2.74. The van der Waals surface area contributed by atoms with Crippen molar-refractivity contribution in [3.63, 3.8) is 0 Å². The van der Waals surface area contributed by atoms with Crippen LogP contribution in [-0.4, -0.2) is 60.9 Å². The van der Waals surface area contributed by atoms with Gasteiger partial charge in [-0.15, -0.1) is 0 Å². The molecule has 0 atom stereocenters. The molecule has 0 N–H and O–H groups in total. The average molecular weight is 357 g/mol. The molecule has 5 nitrogen and oxygen atoms in total. The number of hydrogen-bond acceptors (Lipinski definition) is 3. The molecule has 26 heavy (non-hydrogen) atoms. The van der Waals surface area contributed by atoms with Gasteiger partial charge in [-0.2, -0.15) is 0 Å². The van der Waals surface area contributed by atoms with E-state index in [1.54, 1.807) is 0 Å². The molecule has 0 unspecified atom stereocenters. The van der Waals surface area contributed by atoms with Crippen LogP contribution in [0.3, 0.4) is 0 Å². The summed E-state index contributed by atoms with van der Waals surface area (Å²) in [5.41, 5.74) is 3.87. The van der Waals surface area contributed by atoms with Crippen molar-refractivity contribution < 1.29 is 9.59 Å². The summed E-state index contributed by atoms with van der Waals surface area (Å²) in [5.74, 6) is -0.00582. The van der Waals surface area contributed by atoms with Crippen LogP contribution in [0.4, 0.5) is 5.69 Å². The van der Waals surface area contributed by atoms with E-state index < -0.39 is 0 Å². The summed E-state index contributed by atoms with van der Waals surface area (Å²) >= 11 is 0. The van der Waals surface area contributed by atoms with Crippen LogP contribution in [0.15, 0.2) is 18.2 Å². The van der Waals surface area contributed by atoms with E-state index in [1.165, 1.54) is 29.7 Å². The lowest BCUT2D eigenvalue weighted by Gasteiger charge is -2.37. The number of anilines is 1. The molecule has 2 amide bonds. The summed E-state index contributed by atoms with van der Waals surface area (Å²) in [6.45, 7) is 8.95. The predicted molar refractivity (Wildman–Crippen MR) is 104 cm³/mol. The van der Waals surface area contributed by atoms with Gasteiger partial charge in [-0.05, 0) is 43.9 Å². The summed E-state index contributed by atoms with van der Waals surface area (Å²) in [5, 5.41) is 0. The fourth-order valence-electron chi connectivity index (χ4n) is 3.95. The number of amides is 2. The van der Waals surface area contributed by atoms with Gasteiger partial charge < -0.3 is 14.7 Å². The summed E-state index contributed by atoms with van der Waals surface area (Å²) in [4.78, 5) is 31.1. The first kappa shape index (κ1) is 18.7. The second-order valence-corrected chi connectivity index (χ2v) is 7.56. The SMILES string of the molecule is Cc1cccc(N2CCN(C(=O)CC(=O)N3CCCCCC3)CC2)c1C. The normalized spacial score (nSPS) is 18.6. The minimum absolute atomic E-state index is 0.00820. The van der Waals surface area contributed by atoms with E-state index in [9.17, 15) is 9.59 Å². The highest BCUT2D eigenvalue weighted by Crippen LogP contribution is 2.24. The maximum absolute atomic E-state index is 12.6. The van der Waals surface area contributed by atoms with Gasteiger partial charge in [-0.1, -0.05) is 25.0 Å². The Morgan fingerprint density at radius 3 is 2.00 bits per heavy atom. The number of piperazine rings is 1. The fraction of sp³-hybridized carbons (Fsp3) is 0.619. The molecular weight excluding hydrogens is 326 g/mol. The molecule has 0 spiro atoms. The molecule has 0 bridgehead atoms. The maximum Gasteiger partial charge on any atom is 0.232 e. The standard InChI is InChI=1S/C21H31N3O2/c1-17-8-7-9-19(18(17)2)22-12-14-24(15-13-22)21(26)16-20(25)23-10-5-3-4-6-11-23/h7-9H,3-6,10-16H2,1-2H3. The first-order valence-electron chi connectivity index (χ1n) is 9.93. The molecule has 0 radical (unpaired) electrons. The molecule has 2 aliphatic rings. The van der Waals surface area contributed by atoms with Crippen LogP contribution in [0.5, 0.6) is 0 Å². The number of likely N-dealkylation sites (tertiary alicyclic amines) is 1. The van der Waals surface area contributed by atoms with E-state index in [0.717, 1.165) is 39.0 Å². The zero-order chi connectivity index (χ0) is 18.5. The molecule has 1 aromatic carbocycles. The number of nitrogens with zero attached hydrogens (tertiary/aromatic N) is 3. The second-order valence-electron chi connectivity index (χ2n) is 7.56. The molecule has 142 valence electrons. The zero-order valence-corrected chi connectivity index (χ0v) is 16.2. The van der Waals surface area contributed by atoms with Crippen molar-refractivity contribution in [3.8, 4) is 0 Å². The Morgan fingerprint density at radius 2 is 1.38 bits per heavy atom. The largest absolute Gasteiger partial charge is 0.368 e. The van der Waals surface area contributed by atoms with Gasteiger partial charge in [-0.3, -0.25) is 9.59 Å². The monoisotopic (exact) mass is 357 g/mol. The molecule has 0 saturated carbocycles. The molecular formula is C21H31N3O2. The number of aryl methyl sites for hydroxylation is 1. The summed E-state index contributed by atoms with van der Waals surface area (Å²) < 4.78 is 0. The molecule has 1 aromatic rings. The van der Waals surface area contributed by atoms with E-state index in [-0.39, 0.29) is 18.2 Å². The number of rotatable bonds is 3. The summed E-state index contributed by atoms with van der Waals surface area (Å²) in [7, 11) is 0. The first-order valence-corrected chi connectivity index (χ1v) is 9.93. The third-order valence-corrected chi connectivity index (χ3v) is 5.81. The van der Waals surface area contributed by atoms with Crippen molar-refractivity contribution in [2.75, 3.05) is 44.2 Å². The Kier molecular flexibility index (Phi) is 6.17. The minimum atomic E-state index is -0.0140. The van der Waals surface area contributed by atoms with Crippen molar-refractivity contribution in [2.45, 2.75) is 46.0 Å². The molecule has 5 heteroatoms. The van der Waals surface area contributed by atoms with E-state index in [1.807, 2.05) is 9.80 Å². The second kappa shape index (κ2) is 8.56. The highest BCUT2D eigenvalue weighted by Gasteiger charge is 2.25. The number of benzene rings is 1. The minimum Gasteiger partial charge on any atom is -0.368 e. The van der Waals surface area contributed by atoms with Crippen molar-refractivity contribution in [1.82, 2.24) is 9.80 Å². The Hall–Kier alpha value is -2.04. The van der Waals surface area contributed by atoms with Gasteiger partial charge in [-0.25, -0.2) is 0 Å². The van der Waals surface area contributed by atoms with Crippen molar-refractivity contribution in [3.05, 3.63) is 29.3 Å². The average Bonchev–Trinajstić information content (AvgIpc) is 2.94. The van der Waals surface area contributed by atoms with Crippen LogP contribution in [0.1, 0.15) is 43.2 Å². The lowest BCUT2D eigenvalue weighted by Crippen LogP contribution is -2.50. The number of carbonyl (C=O) groups is 2. The van der Waals surface area contributed by atoms with Gasteiger partial charge in [0.25, 0.3) is 0 Å². The molecule has 0 aromatic heterocycles. The van der Waals surface area contributed by atoms with Crippen LogP contribution >= 0.6 is 0 Å². The molecule has 0 aliphatic carbocycles. The number of carbonyl (C=O) groups excluding carboxylic acids is 2. The van der Waals surface area contributed by atoms with E-state index in [0.29, 0.717) is 13.1 Å². The smallest absolute Gasteiger partial charge is 0.232 e. The van der Waals surface area contributed by atoms with Crippen LogP contribution in [-0.2, 0) is 9.59 Å². The van der Waals surface area contributed by atoms with Gasteiger partial charge in [0.05, 0.1) is 0 Å². The van der Waals surface area contributed by atoms with Gasteiger partial charge in [0.2, 0.25) is 11.8 Å². The third kappa shape index (κ3) is 4.37. The van der Waals surface area contributed by atoms with Crippen LogP contribution in [0.2, 0.25) is 0 Å². The molecule has 2 aliphatic heterocycles. The van der Waals surface area contributed by atoms with E-state index in [2.05, 4.69) is 36.9 Å². The Bertz CT molecular complexity index is 643. The Balaban J connectivity index is 1.51. The maximum atomic E-state index is 12.6. The van der Waals surface area contributed by atoms with Gasteiger partial charge >= 0.3 is 0 Å². The highest BCUT2D eigenvalue weighted by atomic mass is 16.2. The van der Waals surface area contributed by atoms with E-state index >= 15 is 0 Å². The topological polar surface area (TPSA) is 43.9 Å². The van der Waals surface area contributed by atoms with Crippen LogP contribution in [0, 0.1) is 13.8 Å². The molecule has 2 saturated heterocycles. The van der Waals surface area contributed by atoms with Gasteiger partial charge in [0.1, 0.15) is 6.42 Å². The third-order valence-electron chi connectivity index (χ3n) is 5.81. The van der Waals surface area contributed by atoms with Crippen molar-refractivity contribution in [1.29, 1.82) is 0 Å². The highest BCUT2D eigenvalue weighted by molar-refractivity contribution is 5.97. The number of hydrogen-bond donors (Lipinski definition) is 0. The zero-order valence-electron chi connectivity index (χ0n) is 16.2. The quantitative estimate of drug-likeness (QED) is 0.782. The molecule has 3 rings (SSSR count). The van der Waals surface area contributed by atoms with Crippen LogP contribution < -0.4 is 4.90 Å². The lowest BCUT2D eigenvalue weighted by atomic mass is 10.1. The van der Waals surface area contributed by atoms with Crippen molar-refractivity contribution >= 4 is 17.5 Å². The molecule has 2 heterocycles. The summed E-state index contributed by atoms with van der Waals surface area (Å²) in [6, 6.07) is 6.38. The summed E-state index contributed by atoms with van der Waals surface area (Å²) in [6.07, 6.45) is 4.54. The molecule has 2 fully saturated rings. The lowest BCUT2D eigenvalue weighted by molar-refractivity contribution is -0.140. The Morgan fingerprint density at radius 1 is 0.808 bits per heavy atom. The Labute approximate surface area is 156 Å². The van der Waals surface area contributed by atoms with Gasteiger partial charge in [0.15, 0.2) is 0 Å².